The lowest BCUT2D eigenvalue weighted by atomic mass is 9.93. The van der Waals surface area contributed by atoms with Gasteiger partial charge < -0.3 is 4.90 Å². The maximum Gasteiger partial charge on any atom is 0.273 e. The third kappa shape index (κ3) is 3.47. The average molecular weight is 396 g/mol. The summed E-state index contributed by atoms with van der Waals surface area (Å²) in [7, 11) is 3.76. The summed E-state index contributed by atoms with van der Waals surface area (Å²) in [5.74, 6) is 0.641. The van der Waals surface area contributed by atoms with Crippen LogP contribution < -0.4 is 5.56 Å². The zero-order valence-corrected chi connectivity index (χ0v) is 17.5. The molecule has 154 valence electrons. The Labute approximate surface area is 169 Å². The molecule has 0 atom stereocenters. The first-order valence-electron chi connectivity index (χ1n) is 10.2. The highest BCUT2D eigenvalue weighted by Gasteiger charge is 2.25. The second kappa shape index (κ2) is 7.50. The summed E-state index contributed by atoms with van der Waals surface area (Å²) in [5, 5.41) is 7.65. The first-order valence-corrected chi connectivity index (χ1v) is 10.2. The number of aromatic nitrogens is 5. The molecule has 0 radical (unpaired) electrons. The molecule has 0 aromatic carbocycles. The molecule has 1 amide bonds. The molecule has 0 unspecified atom stereocenters. The first-order chi connectivity index (χ1) is 13.9. The molecule has 1 aliphatic heterocycles. The van der Waals surface area contributed by atoms with Gasteiger partial charge in [-0.25, -0.2) is 4.98 Å². The molecule has 1 fully saturated rings. The van der Waals surface area contributed by atoms with E-state index in [-0.39, 0.29) is 11.5 Å². The number of amides is 1. The van der Waals surface area contributed by atoms with Crippen LogP contribution in [-0.2, 0) is 25.3 Å². The van der Waals surface area contributed by atoms with Gasteiger partial charge in [-0.15, -0.1) is 0 Å². The summed E-state index contributed by atoms with van der Waals surface area (Å²) in [5.41, 5.74) is 4.60. The smallest absolute Gasteiger partial charge is 0.273 e. The maximum atomic E-state index is 12.8. The van der Waals surface area contributed by atoms with Crippen molar-refractivity contribution in [3.63, 3.8) is 0 Å². The van der Waals surface area contributed by atoms with Gasteiger partial charge in [-0.05, 0) is 50.3 Å². The van der Waals surface area contributed by atoms with E-state index in [1.54, 1.807) is 11.7 Å². The summed E-state index contributed by atoms with van der Waals surface area (Å²) < 4.78 is 3.58. The van der Waals surface area contributed by atoms with Crippen LogP contribution in [0.4, 0.5) is 0 Å². The van der Waals surface area contributed by atoms with Gasteiger partial charge in [0, 0.05) is 57.1 Å². The second-order valence-electron chi connectivity index (χ2n) is 8.03. The molecule has 1 aliphatic rings. The molecule has 29 heavy (non-hydrogen) atoms. The third-order valence-electron chi connectivity index (χ3n) is 6.29. The number of likely N-dealkylation sites (tertiary alicyclic amines) is 1. The van der Waals surface area contributed by atoms with Crippen LogP contribution in [0.2, 0.25) is 0 Å². The highest BCUT2D eigenvalue weighted by molar-refractivity contribution is 5.81. The van der Waals surface area contributed by atoms with Crippen molar-refractivity contribution in [1.82, 2.24) is 29.4 Å². The van der Waals surface area contributed by atoms with E-state index in [0.717, 1.165) is 42.8 Å². The lowest BCUT2D eigenvalue weighted by molar-refractivity contribution is -0.132. The van der Waals surface area contributed by atoms with Gasteiger partial charge in [-0.1, -0.05) is 0 Å². The number of aromatic amines is 1. The van der Waals surface area contributed by atoms with Crippen molar-refractivity contribution in [2.24, 2.45) is 14.1 Å². The van der Waals surface area contributed by atoms with E-state index < -0.39 is 0 Å². The predicted octanol–water partition coefficient (Wildman–Crippen LogP) is 1.95. The number of H-pyrrole nitrogens is 1. The van der Waals surface area contributed by atoms with Gasteiger partial charge in [0.15, 0.2) is 5.65 Å². The van der Waals surface area contributed by atoms with Crippen LogP contribution in [0.1, 0.15) is 47.7 Å². The normalized spacial score (nSPS) is 15.4. The number of nitrogens with zero attached hydrogens (tertiary/aromatic N) is 5. The van der Waals surface area contributed by atoms with Gasteiger partial charge in [0.05, 0.1) is 5.39 Å². The summed E-state index contributed by atoms with van der Waals surface area (Å²) in [6, 6.07) is 2.07. The predicted molar refractivity (Wildman–Crippen MR) is 111 cm³/mol. The highest BCUT2D eigenvalue weighted by Crippen LogP contribution is 2.28. The Kier molecular flexibility index (Phi) is 5.02. The second-order valence-corrected chi connectivity index (χ2v) is 8.03. The molecular formula is C21H28N6O2. The van der Waals surface area contributed by atoms with Gasteiger partial charge in [0.2, 0.25) is 5.91 Å². The molecule has 0 aliphatic carbocycles. The molecule has 0 bridgehead atoms. The first kappa shape index (κ1) is 19.4. The van der Waals surface area contributed by atoms with Crippen molar-refractivity contribution < 1.29 is 4.79 Å². The highest BCUT2D eigenvalue weighted by atomic mass is 16.2. The number of pyridine rings is 1. The number of rotatable bonds is 4. The van der Waals surface area contributed by atoms with E-state index >= 15 is 0 Å². The minimum atomic E-state index is -0.127. The van der Waals surface area contributed by atoms with Gasteiger partial charge >= 0.3 is 0 Å². The Morgan fingerprint density at radius 3 is 2.62 bits per heavy atom. The fourth-order valence-electron chi connectivity index (χ4n) is 4.62. The fraction of sp³-hybridized carbons (Fsp3) is 0.524. The Morgan fingerprint density at radius 2 is 1.97 bits per heavy atom. The summed E-state index contributed by atoms with van der Waals surface area (Å²) in [4.78, 5) is 31.6. The zero-order valence-electron chi connectivity index (χ0n) is 17.5. The van der Waals surface area contributed by atoms with Crippen LogP contribution in [0.15, 0.2) is 17.1 Å². The number of hydrogen-bond acceptors (Lipinski definition) is 4. The van der Waals surface area contributed by atoms with Crippen LogP contribution >= 0.6 is 0 Å². The quantitative estimate of drug-likeness (QED) is 0.730. The van der Waals surface area contributed by atoms with E-state index in [2.05, 4.69) is 21.2 Å². The molecule has 3 aromatic heterocycles. The number of carbonyl (C=O) groups excluding carboxylic acids is 1. The van der Waals surface area contributed by atoms with E-state index in [0.29, 0.717) is 29.8 Å². The molecule has 4 rings (SSSR count). The molecule has 8 nitrogen and oxygen atoms in total. The van der Waals surface area contributed by atoms with Crippen molar-refractivity contribution in [3.8, 4) is 0 Å². The topological polar surface area (TPSA) is 88.8 Å². The minimum absolute atomic E-state index is 0.127. The van der Waals surface area contributed by atoms with Crippen molar-refractivity contribution in [2.75, 3.05) is 13.1 Å². The van der Waals surface area contributed by atoms with Crippen LogP contribution in [0.3, 0.4) is 0 Å². The number of nitrogens with one attached hydrogen (secondary N) is 1. The van der Waals surface area contributed by atoms with Crippen LogP contribution in [0.25, 0.3) is 11.0 Å². The Balaban J connectivity index is 1.42. The number of piperidine rings is 1. The number of fused-ring (bicyclic) bond motifs is 1. The maximum absolute atomic E-state index is 12.8. The van der Waals surface area contributed by atoms with Gasteiger partial charge in [-0.3, -0.25) is 24.1 Å². The Hall–Kier alpha value is -2.90. The minimum Gasteiger partial charge on any atom is -0.343 e. The van der Waals surface area contributed by atoms with E-state index in [1.165, 1.54) is 5.69 Å². The van der Waals surface area contributed by atoms with Crippen molar-refractivity contribution in [1.29, 1.82) is 0 Å². The van der Waals surface area contributed by atoms with Crippen LogP contribution in [-0.4, -0.2) is 48.4 Å². The van der Waals surface area contributed by atoms with Gasteiger partial charge in [0.1, 0.15) is 0 Å². The molecule has 3 aromatic rings. The summed E-state index contributed by atoms with van der Waals surface area (Å²) in [6.07, 6.45) is 4.82. The van der Waals surface area contributed by atoms with Crippen LogP contribution in [0.5, 0.6) is 0 Å². The molecule has 1 saturated heterocycles. The van der Waals surface area contributed by atoms with Gasteiger partial charge in [0.25, 0.3) is 5.56 Å². The molecule has 8 heteroatoms. The Morgan fingerprint density at radius 1 is 1.24 bits per heavy atom. The van der Waals surface area contributed by atoms with Gasteiger partial charge in [-0.2, -0.15) is 5.10 Å². The number of carbonyl (C=O) groups is 1. The molecule has 0 saturated carbocycles. The fourth-order valence-corrected chi connectivity index (χ4v) is 4.62. The lowest BCUT2D eigenvalue weighted by Crippen LogP contribution is -2.38. The van der Waals surface area contributed by atoms with E-state index in [4.69, 9.17) is 0 Å². The Bertz CT molecular complexity index is 1110. The van der Waals surface area contributed by atoms with E-state index in [1.807, 2.05) is 36.7 Å². The summed E-state index contributed by atoms with van der Waals surface area (Å²) in [6.45, 7) is 5.46. The van der Waals surface area contributed by atoms with Crippen molar-refractivity contribution in [3.05, 3.63) is 45.1 Å². The van der Waals surface area contributed by atoms with Crippen molar-refractivity contribution in [2.45, 2.75) is 45.4 Å². The molecule has 1 N–H and O–H groups in total. The van der Waals surface area contributed by atoms with E-state index in [9.17, 15) is 9.59 Å². The molecule has 0 spiro atoms. The molecule has 4 heterocycles. The molecular weight excluding hydrogens is 368 g/mol. The SMILES string of the molecule is Cc1nc2c(c(C)c1CCC(=O)N1CCC(c3ccnn3C)CC1)c(=O)[nH]n2C. The average Bonchev–Trinajstić information content (AvgIpc) is 3.24. The van der Waals surface area contributed by atoms with Crippen molar-refractivity contribution >= 4 is 16.9 Å². The largest absolute Gasteiger partial charge is 0.343 e. The monoisotopic (exact) mass is 396 g/mol. The number of aryl methyl sites for hydroxylation is 4. The zero-order chi connectivity index (χ0) is 20.7. The lowest BCUT2D eigenvalue weighted by Gasteiger charge is -2.32. The van der Waals surface area contributed by atoms with Crippen LogP contribution in [0, 0.1) is 13.8 Å². The third-order valence-corrected chi connectivity index (χ3v) is 6.29. The standard InChI is InChI=1S/C21H28N6O2/c1-13-16(14(2)23-20-19(13)21(29)24-26(20)4)5-6-18(28)27-11-8-15(9-12-27)17-7-10-22-25(17)3/h7,10,15H,5-6,8-9,11-12H2,1-4H3,(H,24,29). The number of hydrogen-bond donors (Lipinski definition) is 1. The summed E-state index contributed by atoms with van der Waals surface area (Å²) >= 11 is 0.